The third kappa shape index (κ3) is 3.65. The van der Waals surface area contributed by atoms with Gasteiger partial charge in [-0.3, -0.25) is 0 Å². The lowest BCUT2D eigenvalue weighted by Gasteiger charge is -2.31. The average molecular weight is 313 g/mol. The van der Waals surface area contributed by atoms with Gasteiger partial charge in [0.1, 0.15) is 5.56 Å². The van der Waals surface area contributed by atoms with E-state index in [2.05, 4.69) is 5.32 Å². The summed E-state index contributed by atoms with van der Waals surface area (Å²) in [5, 5.41) is 11.9. The number of carboxylic acids is 1. The molecule has 2 rings (SSSR count). The molecule has 1 fully saturated rings. The van der Waals surface area contributed by atoms with Gasteiger partial charge in [-0.25, -0.2) is 9.59 Å². The van der Waals surface area contributed by atoms with Crippen LogP contribution in [0.2, 0.25) is 5.02 Å². The highest BCUT2D eigenvalue weighted by Crippen LogP contribution is 2.25. The molecule has 0 saturated carbocycles. The lowest BCUT2D eigenvalue weighted by molar-refractivity contribution is 0.0521. The molecule has 0 unspecified atom stereocenters. The number of hydrogen-bond acceptors (Lipinski definition) is 3. The predicted molar refractivity (Wildman–Crippen MR) is 79.0 cm³/mol. The number of carboxylic acid groups (broad SMARTS) is 1. The number of aromatic carboxylic acids is 1. The number of hydrogen-bond donors (Lipinski definition) is 2. The van der Waals surface area contributed by atoms with E-state index in [1.165, 1.54) is 12.1 Å². The van der Waals surface area contributed by atoms with Crippen molar-refractivity contribution < 1.29 is 19.4 Å². The first-order valence-corrected chi connectivity index (χ1v) is 7.01. The average Bonchev–Trinajstić information content (AvgIpc) is 2.47. The van der Waals surface area contributed by atoms with Crippen LogP contribution < -0.4 is 5.32 Å². The van der Waals surface area contributed by atoms with Crippen molar-refractivity contribution in [3.05, 3.63) is 28.8 Å². The second kappa shape index (κ2) is 6.78. The molecule has 2 N–H and O–H groups in total. The van der Waals surface area contributed by atoms with Gasteiger partial charge < -0.3 is 20.1 Å². The molecular formula is C14H17ClN2O4. The fourth-order valence-corrected chi connectivity index (χ4v) is 2.59. The van der Waals surface area contributed by atoms with Gasteiger partial charge in [0.2, 0.25) is 0 Å². The zero-order valence-corrected chi connectivity index (χ0v) is 12.4. The van der Waals surface area contributed by atoms with Crippen molar-refractivity contribution in [3.8, 4) is 0 Å². The minimum Gasteiger partial charge on any atom is -0.478 e. The molecule has 1 saturated heterocycles. The van der Waals surface area contributed by atoms with E-state index in [0.29, 0.717) is 13.1 Å². The zero-order valence-electron chi connectivity index (χ0n) is 11.6. The van der Waals surface area contributed by atoms with Gasteiger partial charge in [-0.2, -0.15) is 0 Å². The number of nitrogens with zero attached hydrogens (tertiary/aromatic N) is 1. The number of piperidine rings is 1. The number of nitrogens with one attached hydrogen (secondary N) is 1. The van der Waals surface area contributed by atoms with Crippen molar-refractivity contribution in [1.82, 2.24) is 4.90 Å². The van der Waals surface area contributed by atoms with Crippen molar-refractivity contribution in [2.45, 2.75) is 18.9 Å². The number of methoxy groups -OCH3 is 1. The van der Waals surface area contributed by atoms with Gasteiger partial charge in [-0.1, -0.05) is 17.7 Å². The van der Waals surface area contributed by atoms with Crippen molar-refractivity contribution in [2.24, 2.45) is 0 Å². The quantitative estimate of drug-likeness (QED) is 0.899. The Labute approximate surface area is 127 Å². The molecule has 0 spiro atoms. The maximum atomic E-state index is 12.2. The molecule has 0 atom stereocenters. The third-order valence-electron chi connectivity index (χ3n) is 3.53. The van der Waals surface area contributed by atoms with Crippen LogP contribution in [0.5, 0.6) is 0 Å². The first-order valence-electron chi connectivity index (χ1n) is 6.63. The van der Waals surface area contributed by atoms with Crippen LogP contribution in [0.3, 0.4) is 0 Å². The first-order chi connectivity index (χ1) is 10.0. The lowest BCUT2D eigenvalue weighted by Crippen LogP contribution is -2.43. The van der Waals surface area contributed by atoms with Crippen LogP contribution in [0.15, 0.2) is 18.2 Å². The van der Waals surface area contributed by atoms with Crippen molar-refractivity contribution >= 4 is 29.3 Å². The van der Waals surface area contributed by atoms with Crippen molar-refractivity contribution in [2.75, 3.05) is 25.5 Å². The fraction of sp³-hybridized carbons (Fsp3) is 0.429. The van der Waals surface area contributed by atoms with E-state index < -0.39 is 5.97 Å². The molecule has 0 aromatic heterocycles. The second-order valence-corrected chi connectivity index (χ2v) is 5.23. The monoisotopic (exact) mass is 312 g/mol. The summed E-state index contributed by atoms with van der Waals surface area (Å²) < 4.78 is 5.25. The van der Waals surface area contributed by atoms with Gasteiger partial charge >= 0.3 is 12.0 Å². The molecule has 1 aromatic rings. The van der Waals surface area contributed by atoms with E-state index in [9.17, 15) is 14.7 Å². The van der Waals surface area contributed by atoms with E-state index in [1.807, 2.05) is 0 Å². The fourth-order valence-electron chi connectivity index (χ4n) is 2.33. The number of urea groups is 1. The minimum absolute atomic E-state index is 0.0957. The Bertz CT molecular complexity index is 542. The molecule has 1 heterocycles. The minimum atomic E-state index is -1.17. The van der Waals surface area contributed by atoms with Crippen molar-refractivity contribution in [3.63, 3.8) is 0 Å². The number of likely N-dealkylation sites (tertiary alicyclic amines) is 1. The zero-order chi connectivity index (χ0) is 15.4. The second-order valence-electron chi connectivity index (χ2n) is 4.82. The SMILES string of the molecule is COC1CCN(C(=O)Nc2cccc(Cl)c2C(=O)O)CC1. The van der Waals surface area contributed by atoms with Gasteiger partial charge in [0.25, 0.3) is 0 Å². The van der Waals surface area contributed by atoms with E-state index in [1.54, 1.807) is 18.1 Å². The van der Waals surface area contributed by atoms with Gasteiger partial charge in [0, 0.05) is 20.2 Å². The van der Waals surface area contributed by atoms with Crippen LogP contribution in [-0.4, -0.2) is 48.3 Å². The van der Waals surface area contributed by atoms with Crippen molar-refractivity contribution in [1.29, 1.82) is 0 Å². The highest BCUT2D eigenvalue weighted by molar-refractivity contribution is 6.34. The summed E-state index contributed by atoms with van der Waals surface area (Å²) in [6.45, 7) is 1.15. The molecule has 0 aliphatic carbocycles. The highest BCUT2D eigenvalue weighted by atomic mass is 35.5. The highest BCUT2D eigenvalue weighted by Gasteiger charge is 2.24. The molecule has 7 heteroatoms. The Kier molecular flexibility index (Phi) is 5.03. The number of benzene rings is 1. The lowest BCUT2D eigenvalue weighted by atomic mass is 10.1. The molecule has 0 bridgehead atoms. The molecule has 2 amide bonds. The number of halogens is 1. The summed E-state index contributed by atoms with van der Waals surface area (Å²) in [5.74, 6) is -1.17. The van der Waals surface area contributed by atoms with Crippen LogP contribution in [0.4, 0.5) is 10.5 Å². The molecule has 1 aromatic carbocycles. The van der Waals surface area contributed by atoms with Crippen LogP contribution in [0, 0.1) is 0 Å². The van der Waals surface area contributed by atoms with Gasteiger partial charge in [0.15, 0.2) is 0 Å². The molecule has 6 nitrogen and oxygen atoms in total. The smallest absolute Gasteiger partial charge is 0.339 e. The number of anilines is 1. The summed E-state index contributed by atoms with van der Waals surface area (Å²) in [7, 11) is 1.66. The van der Waals surface area contributed by atoms with Gasteiger partial charge in [0.05, 0.1) is 16.8 Å². The number of carbonyl (C=O) groups excluding carboxylic acids is 1. The predicted octanol–water partition coefficient (Wildman–Crippen LogP) is 2.68. The third-order valence-corrected chi connectivity index (χ3v) is 3.85. The standard InChI is InChI=1S/C14H17ClN2O4/c1-21-9-5-7-17(8-6-9)14(20)16-11-4-2-3-10(15)12(11)13(18)19/h2-4,9H,5-8H2,1H3,(H,16,20)(H,18,19). The Hall–Kier alpha value is -1.79. The van der Waals surface area contributed by atoms with Gasteiger partial charge in [-0.05, 0) is 25.0 Å². The van der Waals surface area contributed by atoms with E-state index >= 15 is 0 Å². The summed E-state index contributed by atoms with van der Waals surface area (Å²) in [6, 6.07) is 4.27. The van der Waals surface area contributed by atoms with E-state index in [-0.39, 0.29) is 28.4 Å². The number of carbonyl (C=O) groups is 2. The van der Waals surface area contributed by atoms with E-state index in [4.69, 9.17) is 16.3 Å². The summed E-state index contributed by atoms with van der Waals surface area (Å²) >= 11 is 5.87. The molecule has 1 aliphatic rings. The Morgan fingerprint density at radius 1 is 1.38 bits per heavy atom. The Balaban J connectivity index is 2.07. The van der Waals surface area contributed by atoms with E-state index in [0.717, 1.165) is 12.8 Å². The molecule has 0 radical (unpaired) electrons. The number of ether oxygens (including phenoxy) is 1. The largest absolute Gasteiger partial charge is 0.478 e. The number of rotatable bonds is 3. The number of amides is 2. The summed E-state index contributed by atoms with van der Waals surface area (Å²) in [5.41, 5.74) is 0.105. The summed E-state index contributed by atoms with van der Waals surface area (Å²) in [4.78, 5) is 25.0. The molecule has 1 aliphatic heterocycles. The molecule has 21 heavy (non-hydrogen) atoms. The Morgan fingerprint density at radius 2 is 2.05 bits per heavy atom. The maximum Gasteiger partial charge on any atom is 0.339 e. The summed E-state index contributed by atoms with van der Waals surface area (Å²) in [6.07, 6.45) is 1.71. The molecule has 114 valence electrons. The van der Waals surface area contributed by atoms with Crippen LogP contribution in [0.25, 0.3) is 0 Å². The Morgan fingerprint density at radius 3 is 2.62 bits per heavy atom. The topological polar surface area (TPSA) is 78.9 Å². The van der Waals surface area contributed by atoms with Crippen LogP contribution in [-0.2, 0) is 4.74 Å². The van der Waals surface area contributed by atoms with Crippen LogP contribution >= 0.6 is 11.6 Å². The normalized spacial score (nSPS) is 15.8. The van der Waals surface area contributed by atoms with Crippen LogP contribution in [0.1, 0.15) is 23.2 Å². The van der Waals surface area contributed by atoms with Gasteiger partial charge in [-0.15, -0.1) is 0 Å². The maximum absolute atomic E-state index is 12.2. The molecular weight excluding hydrogens is 296 g/mol. The first kappa shape index (κ1) is 15.6.